The maximum absolute atomic E-state index is 13.3. The van der Waals surface area contributed by atoms with Crippen molar-refractivity contribution in [3.8, 4) is 0 Å². The van der Waals surface area contributed by atoms with Gasteiger partial charge in [-0.2, -0.15) is 0 Å². The fraction of sp³-hybridized carbons (Fsp3) is 0.250. The van der Waals surface area contributed by atoms with E-state index in [-0.39, 0.29) is 23.1 Å². The summed E-state index contributed by atoms with van der Waals surface area (Å²) in [6.45, 7) is -0.354. The molecule has 0 radical (unpaired) electrons. The van der Waals surface area contributed by atoms with Gasteiger partial charge >= 0.3 is 0 Å². The van der Waals surface area contributed by atoms with Gasteiger partial charge in [0.25, 0.3) is 0 Å². The normalized spacial score (nSPS) is 12.7. The number of hydrogen-bond donors (Lipinski definition) is 0. The van der Waals surface area contributed by atoms with Crippen LogP contribution in [0.25, 0.3) is 0 Å². The molecule has 0 spiro atoms. The minimum atomic E-state index is -2.57. The molecule has 0 heterocycles. The molecular formula is C16H14Br2F4O. The van der Waals surface area contributed by atoms with E-state index < -0.39 is 30.3 Å². The summed E-state index contributed by atoms with van der Waals surface area (Å²) in [6.07, 6.45) is 0. The first kappa shape index (κ1) is 15.6. The molecule has 0 aliphatic rings. The molecule has 0 unspecified atom stereocenters. The predicted molar refractivity (Wildman–Crippen MR) is 88.7 cm³/mol. The van der Waals surface area contributed by atoms with Gasteiger partial charge in [0.15, 0.2) is 0 Å². The van der Waals surface area contributed by atoms with Gasteiger partial charge in [0.05, 0.1) is 10.7 Å². The van der Waals surface area contributed by atoms with Gasteiger partial charge in [0, 0.05) is 29.3 Å². The third kappa shape index (κ3) is 6.61. The molecule has 1 nitrogen and oxygen atoms in total. The molecule has 0 aliphatic heterocycles. The van der Waals surface area contributed by atoms with Crippen molar-refractivity contribution >= 4 is 31.9 Å². The van der Waals surface area contributed by atoms with Crippen LogP contribution in [-0.2, 0) is 22.0 Å². The second-order valence-corrected chi connectivity index (χ2v) is 5.49. The van der Waals surface area contributed by atoms with E-state index in [1.807, 2.05) is 0 Å². The molecule has 0 fully saturated rings. The minimum absolute atomic E-state index is 0.0606. The van der Waals surface area contributed by atoms with Crippen molar-refractivity contribution < 1.29 is 26.4 Å². The summed E-state index contributed by atoms with van der Waals surface area (Å²) < 4.78 is 76.0. The summed E-state index contributed by atoms with van der Waals surface area (Å²) in [6, 6.07) is 5.55. The van der Waals surface area contributed by atoms with E-state index in [1.54, 1.807) is 0 Å². The van der Waals surface area contributed by atoms with Crippen molar-refractivity contribution in [2.24, 2.45) is 0 Å². The zero-order valence-electron chi connectivity index (χ0n) is 14.7. The first-order valence-corrected chi connectivity index (χ1v) is 8.47. The number of alkyl halides is 2. The lowest BCUT2D eigenvalue weighted by Gasteiger charge is -2.04. The average Bonchev–Trinajstić information content (AvgIpc) is 2.51. The Morgan fingerprint density at radius 2 is 1.43 bits per heavy atom. The van der Waals surface area contributed by atoms with E-state index in [0.29, 0.717) is 10.9 Å². The highest BCUT2D eigenvalue weighted by atomic mass is 79.9. The highest BCUT2D eigenvalue weighted by Gasteiger charge is 2.09. The van der Waals surface area contributed by atoms with Crippen LogP contribution >= 0.6 is 31.9 Å². The van der Waals surface area contributed by atoms with Crippen molar-refractivity contribution in [1.29, 1.82) is 0 Å². The number of halogens is 6. The van der Waals surface area contributed by atoms with Crippen LogP contribution < -0.4 is 0 Å². The highest BCUT2D eigenvalue weighted by molar-refractivity contribution is 9.08. The molecule has 2 rings (SSSR count). The lowest BCUT2D eigenvalue weighted by atomic mass is 10.1. The molecule has 7 heteroatoms. The van der Waals surface area contributed by atoms with Crippen LogP contribution in [0.5, 0.6) is 0 Å². The average molecular weight is 461 g/mol. The van der Waals surface area contributed by atoms with Crippen LogP contribution in [0.4, 0.5) is 17.6 Å². The third-order valence-electron chi connectivity index (χ3n) is 2.65. The highest BCUT2D eigenvalue weighted by Crippen LogP contribution is 2.18. The van der Waals surface area contributed by atoms with Gasteiger partial charge in [0.1, 0.15) is 23.3 Å². The monoisotopic (exact) mass is 459 g/mol. The fourth-order valence-electron chi connectivity index (χ4n) is 1.64. The van der Waals surface area contributed by atoms with Crippen LogP contribution in [0.2, 0.25) is 0 Å². The second-order valence-electron chi connectivity index (χ2n) is 4.37. The lowest BCUT2D eigenvalue weighted by molar-refractivity contribution is 0.184. The smallest absolute Gasteiger partial charge is 0.130 e. The van der Waals surface area contributed by atoms with Gasteiger partial charge in [-0.3, -0.25) is 0 Å². The predicted octanol–water partition coefficient (Wildman–Crippen LogP) is 5.87. The zero-order valence-corrected chi connectivity index (χ0v) is 14.9. The van der Waals surface area contributed by atoms with Crippen LogP contribution in [0, 0.1) is 23.3 Å². The number of hydrogen-bond acceptors (Lipinski definition) is 1. The third-order valence-corrected chi connectivity index (χ3v) is 3.86. The maximum Gasteiger partial charge on any atom is 0.130 e. The van der Waals surface area contributed by atoms with Crippen molar-refractivity contribution in [3.63, 3.8) is 0 Å². The molecule has 126 valence electrons. The van der Waals surface area contributed by atoms with Crippen LogP contribution in [-0.4, -0.2) is 7.04 Å². The van der Waals surface area contributed by atoms with Gasteiger partial charge in [0.2, 0.25) is 0 Å². The number of rotatable bonds is 4. The van der Waals surface area contributed by atoms with Gasteiger partial charge in [-0.15, -0.1) is 0 Å². The van der Waals surface area contributed by atoms with E-state index >= 15 is 0 Å². The molecular weight excluding hydrogens is 444 g/mol. The molecule has 0 atom stereocenters. The number of ether oxygens (including phenoxy) is 1. The van der Waals surface area contributed by atoms with E-state index in [1.165, 1.54) is 12.1 Å². The first-order chi connectivity index (χ1) is 12.1. The Kier molecular flexibility index (Phi) is 6.82. The Labute approximate surface area is 153 Å². The van der Waals surface area contributed by atoms with Crippen molar-refractivity contribution in [2.75, 3.05) is 7.04 Å². The molecule has 0 N–H and O–H groups in total. The summed E-state index contributed by atoms with van der Waals surface area (Å²) in [5, 5.41) is 0.534. The molecule has 0 saturated heterocycles. The second kappa shape index (κ2) is 10.1. The van der Waals surface area contributed by atoms with Gasteiger partial charge in [-0.05, 0) is 35.4 Å². The molecule has 0 bridgehead atoms. The van der Waals surface area contributed by atoms with E-state index in [0.717, 1.165) is 18.2 Å². The Hall–Kier alpha value is -0.920. The van der Waals surface area contributed by atoms with E-state index in [9.17, 15) is 17.6 Å². The standard InChI is InChI=1S/C9H9BrF2O.C7H5BrF2/c1-13-5-6-2-8(11)7(4-10)9(12)3-6;8-4-5-1-6(9)3-7(10)2-5/h2-3H,4-5H2,1H3;1-3H,4H2/i1D3;. The fourth-order valence-corrected chi connectivity index (χ4v) is 2.50. The Morgan fingerprint density at radius 3 is 1.87 bits per heavy atom. The van der Waals surface area contributed by atoms with Crippen molar-refractivity contribution in [1.82, 2.24) is 0 Å². The number of methoxy groups -OCH3 is 1. The molecule has 0 aliphatic carbocycles. The van der Waals surface area contributed by atoms with Crippen LogP contribution in [0.1, 0.15) is 20.8 Å². The maximum atomic E-state index is 13.3. The Bertz CT molecular complexity index is 699. The Balaban J connectivity index is 0.000000289. The van der Waals surface area contributed by atoms with E-state index in [2.05, 4.69) is 36.6 Å². The van der Waals surface area contributed by atoms with Crippen LogP contribution in [0.15, 0.2) is 30.3 Å². The van der Waals surface area contributed by atoms with Gasteiger partial charge in [-0.25, -0.2) is 17.6 Å². The lowest BCUT2D eigenvalue weighted by Crippen LogP contribution is -1.96. The van der Waals surface area contributed by atoms with Gasteiger partial charge < -0.3 is 4.74 Å². The molecule has 0 amide bonds. The molecule has 23 heavy (non-hydrogen) atoms. The summed E-state index contributed by atoms with van der Waals surface area (Å²) >= 11 is 6.05. The van der Waals surface area contributed by atoms with Crippen molar-refractivity contribution in [3.05, 3.63) is 70.3 Å². The molecule has 2 aromatic rings. The summed E-state index contributed by atoms with van der Waals surface area (Å²) in [5.41, 5.74) is 0.672. The van der Waals surface area contributed by atoms with E-state index in [4.69, 9.17) is 4.11 Å². The summed E-state index contributed by atoms with van der Waals surface area (Å²) in [4.78, 5) is 0. The molecule has 2 aromatic carbocycles. The quantitative estimate of drug-likeness (QED) is 0.409. The van der Waals surface area contributed by atoms with Crippen molar-refractivity contribution in [2.45, 2.75) is 17.3 Å². The Morgan fingerprint density at radius 1 is 0.870 bits per heavy atom. The summed E-state index contributed by atoms with van der Waals surface area (Å²) in [5.74, 6) is -2.51. The van der Waals surface area contributed by atoms with Gasteiger partial charge in [-0.1, -0.05) is 31.9 Å². The zero-order chi connectivity index (χ0) is 19.9. The minimum Gasteiger partial charge on any atom is -0.380 e. The van der Waals surface area contributed by atoms with Crippen LogP contribution in [0.3, 0.4) is 0 Å². The molecule has 0 aromatic heterocycles. The summed E-state index contributed by atoms with van der Waals surface area (Å²) in [7, 11) is -2.57. The first-order valence-electron chi connectivity index (χ1n) is 7.73. The molecule has 0 saturated carbocycles. The largest absolute Gasteiger partial charge is 0.380 e. The SMILES string of the molecule is Fc1cc(F)cc(CBr)c1.[2H]C([2H])([2H])OCc1cc(F)c(CBr)c(F)c1. The number of benzene rings is 2. The topological polar surface area (TPSA) is 9.23 Å².